The summed E-state index contributed by atoms with van der Waals surface area (Å²) in [5.74, 6) is 1.33. The van der Waals surface area contributed by atoms with Crippen LogP contribution in [0.25, 0.3) is 0 Å². The van der Waals surface area contributed by atoms with E-state index in [-0.39, 0.29) is 5.41 Å². The van der Waals surface area contributed by atoms with Crippen LogP contribution >= 0.6 is 0 Å². The molecule has 2 aliphatic heterocycles. The number of amides is 2. The molecule has 0 N–H and O–H groups in total. The Labute approximate surface area is 180 Å². The molecule has 1 atom stereocenters. The molecule has 5 heteroatoms. The van der Waals surface area contributed by atoms with Gasteiger partial charge in [-0.05, 0) is 61.6 Å². The van der Waals surface area contributed by atoms with Gasteiger partial charge in [-0.25, -0.2) is 0 Å². The van der Waals surface area contributed by atoms with Crippen LogP contribution in [-0.4, -0.2) is 72.8 Å². The molecule has 3 fully saturated rings. The second-order valence-electron chi connectivity index (χ2n) is 10.1. The topological polar surface area (TPSA) is 43.9 Å². The van der Waals surface area contributed by atoms with Crippen LogP contribution in [-0.2, 0) is 15.0 Å². The molecule has 0 aromatic heterocycles. The van der Waals surface area contributed by atoms with E-state index in [0.29, 0.717) is 30.1 Å². The maximum atomic E-state index is 13.1. The molecule has 1 saturated carbocycles. The van der Waals surface area contributed by atoms with Crippen molar-refractivity contribution in [3.8, 4) is 0 Å². The van der Waals surface area contributed by atoms with Gasteiger partial charge in [0.1, 0.15) is 0 Å². The Kier molecular flexibility index (Phi) is 5.34. The van der Waals surface area contributed by atoms with E-state index in [1.165, 1.54) is 17.5 Å². The smallest absolute Gasteiger partial charge is 0.225 e. The Balaban J connectivity index is 1.27. The van der Waals surface area contributed by atoms with E-state index < -0.39 is 0 Å². The fourth-order valence-corrected chi connectivity index (χ4v) is 6.15. The summed E-state index contributed by atoms with van der Waals surface area (Å²) in [6.45, 7) is 5.41. The minimum atomic E-state index is 0.153. The largest absolute Gasteiger partial charge is 0.342 e. The van der Waals surface area contributed by atoms with E-state index in [1.807, 2.05) is 0 Å². The van der Waals surface area contributed by atoms with Crippen LogP contribution in [0.15, 0.2) is 24.3 Å². The summed E-state index contributed by atoms with van der Waals surface area (Å²) in [5, 5.41) is 0. The van der Waals surface area contributed by atoms with Gasteiger partial charge in [0.2, 0.25) is 11.8 Å². The molecule has 4 aliphatic rings. The third kappa shape index (κ3) is 3.55. The molecule has 2 heterocycles. The Morgan fingerprint density at radius 2 is 1.67 bits per heavy atom. The Morgan fingerprint density at radius 1 is 0.967 bits per heavy atom. The summed E-state index contributed by atoms with van der Waals surface area (Å²) < 4.78 is 0. The predicted octanol–water partition coefficient (Wildman–Crippen LogP) is 3.00. The first-order valence-electron chi connectivity index (χ1n) is 11.9. The van der Waals surface area contributed by atoms with E-state index in [1.54, 1.807) is 0 Å². The monoisotopic (exact) mass is 409 g/mol. The summed E-state index contributed by atoms with van der Waals surface area (Å²) in [7, 11) is 2.13. The summed E-state index contributed by atoms with van der Waals surface area (Å²) in [4.78, 5) is 32.2. The van der Waals surface area contributed by atoms with Gasteiger partial charge in [0.25, 0.3) is 0 Å². The van der Waals surface area contributed by atoms with Gasteiger partial charge in [-0.3, -0.25) is 9.59 Å². The predicted molar refractivity (Wildman–Crippen MR) is 117 cm³/mol. The molecular weight excluding hydrogens is 374 g/mol. The van der Waals surface area contributed by atoms with Crippen LogP contribution < -0.4 is 0 Å². The van der Waals surface area contributed by atoms with Crippen LogP contribution in [0.2, 0.25) is 0 Å². The lowest BCUT2D eigenvalue weighted by Crippen LogP contribution is -2.48. The summed E-state index contributed by atoms with van der Waals surface area (Å²) in [6.07, 6.45) is 7.16. The van der Waals surface area contributed by atoms with Crippen molar-refractivity contribution in [3.63, 3.8) is 0 Å². The molecule has 0 bridgehead atoms. The number of fused-ring (bicyclic) bond motifs is 2. The quantitative estimate of drug-likeness (QED) is 0.771. The van der Waals surface area contributed by atoms with E-state index in [2.05, 4.69) is 46.0 Å². The number of piperidine rings is 1. The molecule has 1 aromatic carbocycles. The van der Waals surface area contributed by atoms with Gasteiger partial charge < -0.3 is 14.7 Å². The number of carbonyl (C=O) groups excluding carboxylic acids is 2. The molecule has 5 rings (SSSR count). The fourth-order valence-electron chi connectivity index (χ4n) is 6.15. The minimum absolute atomic E-state index is 0.153. The van der Waals surface area contributed by atoms with Crippen molar-refractivity contribution in [3.05, 3.63) is 35.4 Å². The average molecular weight is 410 g/mol. The van der Waals surface area contributed by atoms with Gasteiger partial charge in [0.15, 0.2) is 0 Å². The van der Waals surface area contributed by atoms with Crippen molar-refractivity contribution in [2.45, 2.75) is 56.3 Å². The second kappa shape index (κ2) is 7.99. The van der Waals surface area contributed by atoms with E-state index in [4.69, 9.17) is 0 Å². The van der Waals surface area contributed by atoms with Crippen molar-refractivity contribution in [2.75, 3.05) is 46.3 Å². The number of nitrogens with zero attached hydrogens (tertiary/aromatic N) is 3. The van der Waals surface area contributed by atoms with Crippen molar-refractivity contribution in [2.24, 2.45) is 5.92 Å². The zero-order valence-electron chi connectivity index (χ0n) is 18.3. The highest BCUT2D eigenvalue weighted by Gasteiger charge is 2.47. The number of hydrogen-bond acceptors (Lipinski definition) is 3. The Bertz CT molecular complexity index is 802. The fraction of sp³-hybridized carbons (Fsp3) is 0.680. The normalized spacial score (nSPS) is 26.5. The van der Waals surface area contributed by atoms with Crippen molar-refractivity contribution in [1.29, 1.82) is 0 Å². The Morgan fingerprint density at radius 3 is 2.33 bits per heavy atom. The molecule has 0 radical (unpaired) electrons. The lowest BCUT2D eigenvalue weighted by molar-refractivity contribution is -0.139. The van der Waals surface area contributed by atoms with E-state index >= 15 is 0 Å². The van der Waals surface area contributed by atoms with Gasteiger partial charge >= 0.3 is 0 Å². The lowest BCUT2D eigenvalue weighted by Gasteiger charge is -2.42. The molecular formula is C25H35N3O2. The highest BCUT2D eigenvalue weighted by molar-refractivity contribution is 5.80. The van der Waals surface area contributed by atoms with Crippen molar-refractivity contribution >= 4 is 11.8 Å². The minimum Gasteiger partial charge on any atom is -0.342 e. The van der Waals surface area contributed by atoms with Gasteiger partial charge in [0.05, 0.1) is 0 Å². The maximum absolute atomic E-state index is 13.1. The highest BCUT2D eigenvalue weighted by atomic mass is 16.2. The van der Waals surface area contributed by atoms with Gasteiger partial charge in [0, 0.05) is 51.6 Å². The van der Waals surface area contributed by atoms with Gasteiger partial charge in [-0.1, -0.05) is 30.7 Å². The number of carbonyl (C=O) groups is 2. The first kappa shape index (κ1) is 20.0. The number of likely N-dealkylation sites (N-methyl/N-ethyl adjacent to an activating group) is 1. The van der Waals surface area contributed by atoms with Crippen LogP contribution in [0.4, 0.5) is 0 Å². The van der Waals surface area contributed by atoms with Crippen LogP contribution in [0.5, 0.6) is 0 Å². The van der Waals surface area contributed by atoms with Crippen LogP contribution in [0.1, 0.15) is 62.0 Å². The molecule has 30 heavy (non-hydrogen) atoms. The number of rotatable bonds is 3. The maximum Gasteiger partial charge on any atom is 0.225 e. The number of likely N-dealkylation sites (tertiary alicyclic amines) is 1. The first-order chi connectivity index (χ1) is 14.6. The van der Waals surface area contributed by atoms with Crippen molar-refractivity contribution < 1.29 is 9.59 Å². The molecule has 2 amide bonds. The average Bonchev–Trinajstić information content (AvgIpc) is 3.01. The summed E-state index contributed by atoms with van der Waals surface area (Å²) >= 11 is 0. The van der Waals surface area contributed by atoms with E-state index in [0.717, 1.165) is 71.4 Å². The third-order valence-electron chi connectivity index (χ3n) is 8.37. The SMILES string of the molecule is CN1CCN(C(=O)CC2CC3(CCN(C(=O)C4CCC4)CC3)c3ccccc32)CC1. The standard InChI is InChI=1S/C25H35N3O2/c1-26-13-15-27(16-14-26)23(29)17-20-18-25(22-8-3-2-7-21(20)22)9-11-28(12-10-25)24(30)19-5-4-6-19/h2-3,7-8,19-20H,4-6,9-18H2,1H3. The summed E-state index contributed by atoms with van der Waals surface area (Å²) in [6, 6.07) is 8.81. The molecule has 162 valence electrons. The zero-order chi connectivity index (χ0) is 20.7. The van der Waals surface area contributed by atoms with Crippen LogP contribution in [0, 0.1) is 5.92 Å². The molecule has 1 spiro atoms. The molecule has 2 aliphatic carbocycles. The van der Waals surface area contributed by atoms with Gasteiger partial charge in [-0.2, -0.15) is 0 Å². The van der Waals surface area contributed by atoms with Crippen molar-refractivity contribution in [1.82, 2.24) is 14.7 Å². The molecule has 5 nitrogen and oxygen atoms in total. The van der Waals surface area contributed by atoms with Gasteiger partial charge in [-0.15, -0.1) is 0 Å². The number of hydrogen-bond donors (Lipinski definition) is 0. The first-order valence-corrected chi connectivity index (χ1v) is 11.9. The van der Waals surface area contributed by atoms with Crippen LogP contribution in [0.3, 0.4) is 0 Å². The molecule has 1 unspecified atom stereocenters. The highest BCUT2D eigenvalue weighted by Crippen LogP contribution is 2.53. The Hall–Kier alpha value is -1.88. The molecule has 2 saturated heterocycles. The second-order valence-corrected chi connectivity index (χ2v) is 10.1. The number of piperazine rings is 1. The lowest BCUT2D eigenvalue weighted by atomic mass is 9.72. The zero-order valence-corrected chi connectivity index (χ0v) is 18.3. The third-order valence-corrected chi connectivity index (χ3v) is 8.37. The number of benzene rings is 1. The summed E-state index contributed by atoms with van der Waals surface area (Å²) in [5.41, 5.74) is 3.00. The van der Waals surface area contributed by atoms with E-state index in [9.17, 15) is 9.59 Å². The molecule has 1 aromatic rings.